The van der Waals surface area contributed by atoms with Crippen LogP contribution in [0.2, 0.25) is 0 Å². The van der Waals surface area contributed by atoms with Crippen LogP contribution < -0.4 is 0 Å². The van der Waals surface area contributed by atoms with Crippen LogP contribution in [0.1, 0.15) is 105 Å². The predicted octanol–water partition coefficient (Wildman–Crippen LogP) is 6.95. The molecule has 0 saturated heterocycles. The van der Waals surface area contributed by atoms with E-state index < -0.39 is 0 Å². The predicted molar refractivity (Wildman–Crippen MR) is 134 cm³/mol. The van der Waals surface area contributed by atoms with Gasteiger partial charge in [-0.3, -0.25) is 15.0 Å². The highest BCUT2D eigenvalue weighted by atomic mass is 14.9. The lowest BCUT2D eigenvalue weighted by Gasteiger charge is -2.06. The fraction of sp³-hybridized carbons (Fsp3) is 0.519. The molecule has 0 aromatic carbocycles. The molecule has 174 valence electrons. The molecule has 3 heterocycles. The second-order valence-electron chi connectivity index (χ2n) is 9.10. The minimum Gasteiger partial charge on any atom is -0.258 e. The maximum Gasteiger partial charge on any atom is 0.125 e. The summed E-state index contributed by atoms with van der Waals surface area (Å²) in [5.74, 6) is 2.36. The van der Waals surface area contributed by atoms with Crippen molar-refractivity contribution in [3.63, 3.8) is 0 Å². The van der Waals surface area contributed by atoms with E-state index in [2.05, 4.69) is 92.4 Å². The molecule has 0 unspecified atom stereocenters. The second kappa shape index (κ2) is 13.0. The highest BCUT2D eigenvalue weighted by Gasteiger charge is 2.03. The molecule has 0 fully saturated rings. The van der Waals surface area contributed by atoms with Crippen molar-refractivity contribution in [1.82, 2.24) is 24.9 Å². The van der Waals surface area contributed by atoms with Gasteiger partial charge in [0.2, 0.25) is 0 Å². The van der Waals surface area contributed by atoms with Crippen molar-refractivity contribution in [3.8, 4) is 0 Å². The van der Waals surface area contributed by atoms with E-state index >= 15 is 0 Å². The third kappa shape index (κ3) is 9.21. The standard InChI is InChI=1S/C10H15N.C9H14N2.C8H12N2/c1-7(2)10-6-5-8(3)9(4)11-10;1-6(2)9-5-10-7(3)8(4)11-9;1-6(2)8-4-5-9-7(3)10-8/h5-7H,1-4H3;5-6H,1-4H3;4-6H,1-3H3. The first-order valence-electron chi connectivity index (χ1n) is 11.5. The van der Waals surface area contributed by atoms with Crippen molar-refractivity contribution in [2.75, 3.05) is 0 Å². The zero-order valence-electron chi connectivity index (χ0n) is 21.9. The molecular formula is C27H41N5. The monoisotopic (exact) mass is 435 g/mol. The van der Waals surface area contributed by atoms with Gasteiger partial charge in [0.15, 0.2) is 0 Å². The Bertz CT molecular complexity index is 922. The molecule has 0 bridgehead atoms. The van der Waals surface area contributed by atoms with Crippen molar-refractivity contribution in [2.45, 2.75) is 93.9 Å². The molecule has 3 rings (SSSR count). The summed E-state index contributed by atoms with van der Waals surface area (Å²) < 4.78 is 0. The average Bonchev–Trinajstić information content (AvgIpc) is 2.72. The molecule has 3 aromatic heterocycles. The lowest BCUT2D eigenvalue weighted by atomic mass is 10.1. The highest BCUT2D eigenvalue weighted by Crippen LogP contribution is 2.13. The number of aryl methyl sites for hydroxylation is 5. The topological polar surface area (TPSA) is 64.5 Å². The van der Waals surface area contributed by atoms with Crippen molar-refractivity contribution in [1.29, 1.82) is 0 Å². The van der Waals surface area contributed by atoms with Gasteiger partial charge in [-0.15, -0.1) is 0 Å². The number of hydrogen-bond acceptors (Lipinski definition) is 5. The Hall–Kier alpha value is -2.69. The van der Waals surface area contributed by atoms with E-state index in [1.165, 1.54) is 11.3 Å². The molecule has 0 N–H and O–H groups in total. The van der Waals surface area contributed by atoms with Crippen molar-refractivity contribution in [2.24, 2.45) is 0 Å². The number of aromatic nitrogens is 5. The van der Waals surface area contributed by atoms with Gasteiger partial charge in [0.1, 0.15) is 5.82 Å². The quantitative estimate of drug-likeness (QED) is 0.445. The normalized spacial score (nSPS) is 10.6. The molecule has 0 aliphatic rings. The maximum atomic E-state index is 4.47. The lowest BCUT2D eigenvalue weighted by molar-refractivity contribution is 0.796. The van der Waals surface area contributed by atoms with Crippen LogP contribution in [0.4, 0.5) is 0 Å². The van der Waals surface area contributed by atoms with Gasteiger partial charge in [-0.05, 0) is 70.1 Å². The third-order valence-corrected chi connectivity index (χ3v) is 5.15. The molecule has 3 aromatic rings. The van der Waals surface area contributed by atoms with Gasteiger partial charge in [-0.25, -0.2) is 9.97 Å². The molecule has 0 spiro atoms. The van der Waals surface area contributed by atoms with Crippen molar-refractivity contribution < 1.29 is 0 Å². The second-order valence-corrected chi connectivity index (χ2v) is 9.10. The van der Waals surface area contributed by atoms with E-state index in [-0.39, 0.29) is 0 Å². The summed E-state index contributed by atoms with van der Waals surface area (Å²) in [4.78, 5) is 21.4. The van der Waals surface area contributed by atoms with Crippen LogP contribution in [0.3, 0.4) is 0 Å². The number of hydrogen-bond donors (Lipinski definition) is 0. The zero-order valence-corrected chi connectivity index (χ0v) is 21.9. The van der Waals surface area contributed by atoms with E-state index in [1.807, 2.05) is 33.0 Å². The summed E-state index contributed by atoms with van der Waals surface area (Å²) in [5, 5.41) is 0. The van der Waals surface area contributed by atoms with Gasteiger partial charge in [-0.1, -0.05) is 47.6 Å². The first-order chi connectivity index (χ1) is 14.9. The minimum absolute atomic E-state index is 0.474. The van der Waals surface area contributed by atoms with Gasteiger partial charge in [-0.2, -0.15) is 0 Å². The van der Waals surface area contributed by atoms with Crippen molar-refractivity contribution in [3.05, 3.63) is 76.1 Å². The molecule has 0 aliphatic carbocycles. The summed E-state index contributed by atoms with van der Waals surface area (Å²) in [5.41, 5.74) is 7.87. The fourth-order valence-electron chi connectivity index (χ4n) is 2.61. The fourth-order valence-corrected chi connectivity index (χ4v) is 2.61. The Balaban J connectivity index is 0.000000240. The van der Waals surface area contributed by atoms with Crippen LogP contribution in [-0.4, -0.2) is 24.9 Å². The zero-order chi connectivity index (χ0) is 24.4. The van der Waals surface area contributed by atoms with Gasteiger partial charge in [0, 0.05) is 29.5 Å². The van der Waals surface area contributed by atoms with E-state index in [0.29, 0.717) is 17.8 Å². The molecule has 0 radical (unpaired) electrons. The molecule has 0 aliphatic heterocycles. The number of nitrogens with zero attached hydrogens (tertiary/aromatic N) is 5. The van der Waals surface area contributed by atoms with Crippen LogP contribution in [0.25, 0.3) is 0 Å². The van der Waals surface area contributed by atoms with Crippen LogP contribution in [0.5, 0.6) is 0 Å². The Kier molecular flexibility index (Phi) is 11.1. The molecule has 5 nitrogen and oxygen atoms in total. The minimum atomic E-state index is 0.474. The first kappa shape index (κ1) is 27.3. The SMILES string of the molecule is Cc1ccc(C(C)C)nc1C.Cc1ncc(C(C)C)nc1C.Cc1nccc(C(C)C)n1. The Morgan fingerprint density at radius 2 is 1.06 bits per heavy atom. The van der Waals surface area contributed by atoms with Crippen molar-refractivity contribution >= 4 is 0 Å². The summed E-state index contributed by atoms with van der Waals surface area (Å²) in [7, 11) is 0. The Morgan fingerprint density at radius 1 is 0.531 bits per heavy atom. The van der Waals surface area contributed by atoms with Crippen LogP contribution >= 0.6 is 0 Å². The van der Waals surface area contributed by atoms with Gasteiger partial charge >= 0.3 is 0 Å². The smallest absolute Gasteiger partial charge is 0.125 e. The van der Waals surface area contributed by atoms with E-state index in [0.717, 1.165) is 34.3 Å². The molecule has 0 amide bonds. The van der Waals surface area contributed by atoms with E-state index in [1.54, 1.807) is 6.20 Å². The van der Waals surface area contributed by atoms with E-state index in [4.69, 9.17) is 0 Å². The first-order valence-corrected chi connectivity index (χ1v) is 11.5. The Morgan fingerprint density at radius 3 is 1.50 bits per heavy atom. The third-order valence-electron chi connectivity index (χ3n) is 5.15. The maximum absolute atomic E-state index is 4.47. The summed E-state index contributed by atoms with van der Waals surface area (Å²) >= 11 is 0. The van der Waals surface area contributed by atoms with Gasteiger partial charge in [0.05, 0.1) is 17.1 Å². The lowest BCUT2D eigenvalue weighted by Crippen LogP contribution is -1.98. The van der Waals surface area contributed by atoms with Crippen LogP contribution in [-0.2, 0) is 0 Å². The highest BCUT2D eigenvalue weighted by molar-refractivity contribution is 5.21. The summed E-state index contributed by atoms with van der Waals surface area (Å²) in [6.45, 7) is 22.9. The Labute approximate surface area is 195 Å². The number of rotatable bonds is 3. The average molecular weight is 436 g/mol. The van der Waals surface area contributed by atoms with Crippen LogP contribution in [0, 0.1) is 34.6 Å². The molecular weight excluding hydrogens is 394 g/mol. The largest absolute Gasteiger partial charge is 0.258 e. The molecule has 5 heteroatoms. The van der Waals surface area contributed by atoms with Gasteiger partial charge in [0.25, 0.3) is 0 Å². The summed E-state index contributed by atoms with van der Waals surface area (Å²) in [6, 6.07) is 6.20. The van der Waals surface area contributed by atoms with E-state index in [9.17, 15) is 0 Å². The summed E-state index contributed by atoms with van der Waals surface area (Å²) in [6.07, 6.45) is 3.66. The molecule has 0 saturated carbocycles. The molecule has 32 heavy (non-hydrogen) atoms. The van der Waals surface area contributed by atoms with Crippen LogP contribution in [0.15, 0.2) is 30.6 Å². The van der Waals surface area contributed by atoms with Gasteiger partial charge < -0.3 is 0 Å². The molecule has 0 atom stereocenters. The number of pyridine rings is 1.